The van der Waals surface area contributed by atoms with E-state index in [0.717, 1.165) is 12.0 Å². The zero-order chi connectivity index (χ0) is 14.4. The molecule has 1 saturated heterocycles. The summed E-state index contributed by atoms with van der Waals surface area (Å²) in [6, 6.07) is 10.2. The van der Waals surface area contributed by atoms with Gasteiger partial charge in [-0.1, -0.05) is 36.4 Å². The van der Waals surface area contributed by atoms with E-state index in [1.54, 1.807) is 6.21 Å². The van der Waals surface area contributed by atoms with E-state index in [-0.39, 0.29) is 18.1 Å². The number of benzene rings is 1. The maximum atomic E-state index is 11.4. The minimum Gasteiger partial charge on any atom is -0.463 e. The summed E-state index contributed by atoms with van der Waals surface area (Å²) >= 11 is 0. The lowest BCUT2D eigenvalue weighted by atomic mass is 10.0. The Morgan fingerprint density at radius 3 is 2.80 bits per heavy atom. The fourth-order valence-electron chi connectivity index (χ4n) is 2.22. The molecule has 2 rings (SSSR count). The SMILES string of the molecule is CC1CC(N(C)/N=C/C=C/c2ccccc2)CC(=O)O1. The molecule has 2 atom stereocenters. The first kappa shape index (κ1) is 14.3. The summed E-state index contributed by atoms with van der Waals surface area (Å²) in [4.78, 5) is 11.4. The van der Waals surface area contributed by atoms with E-state index in [1.165, 1.54) is 0 Å². The average Bonchev–Trinajstić information content (AvgIpc) is 2.43. The summed E-state index contributed by atoms with van der Waals surface area (Å²) in [5.41, 5.74) is 1.14. The van der Waals surface area contributed by atoms with Gasteiger partial charge in [-0.15, -0.1) is 0 Å². The molecule has 1 heterocycles. The molecule has 1 fully saturated rings. The predicted octanol–water partition coefficient (Wildman–Crippen LogP) is 2.71. The molecule has 0 saturated carbocycles. The Morgan fingerprint density at radius 1 is 1.35 bits per heavy atom. The quantitative estimate of drug-likeness (QED) is 0.481. The normalized spacial score (nSPS) is 23.2. The number of carbonyl (C=O) groups is 1. The summed E-state index contributed by atoms with van der Waals surface area (Å²) in [6.45, 7) is 1.91. The highest BCUT2D eigenvalue weighted by molar-refractivity contribution is 5.78. The molecule has 0 aromatic heterocycles. The summed E-state index contributed by atoms with van der Waals surface area (Å²) in [6.07, 6.45) is 6.84. The number of hydrogen-bond acceptors (Lipinski definition) is 4. The van der Waals surface area contributed by atoms with Crippen LogP contribution in [-0.2, 0) is 9.53 Å². The molecule has 0 aliphatic carbocycles. The van der Waals surface area contributed by atoms with Gasteiger partial charge in [-0.05, 0) is 18.6 Å². The molecule has 1 aliphatic rings. The number of ether oxygens (including phenoxy) is 1. The fraction of sp³-hybridized carbons (Fsp3) is 0.375. The molecular formula is C16H20N2O2. The summed E-state index contributed by atoms with van der Waals surface area (Å²) in [7, 11) is 1.89. The molecule has 1 aliphatic heterocycles. The molecule has 0 spiro atoms. The average molecular weight is 272 g/mol. The number of rotatable bonds is 4. The molecule has 2 unspecified atom stereocenters. The van der Waals surface area contributed by atoms with Crippen LogP contribution in [0.25, 0.3) is 6.08 Å². The highest BCUT2D eigenvalue weighted by Gasteiger charge is 2.28. The summed E-state index contributed by atoms with van der Waals surface area (Å²) < 4.78 is 5.12. The number of hydrogen-bond donors (Lipinski definition) is 0. The third-order valence-corrected chi connectivity index (χ3v) is 3.29. The molecule has 1 aromatic rings. The molecule has 1 aromatic carbocycles. The van der Waals surface area contributed by atoms with Crippen molar-refractivity contribution < 1.29 is 9.53 Å². The Morgan fingerprint density at radius 2 is 2.10 bits per heavy atom. The second-order valence-electron chi connectivity index (χ2n) is 5.00. The first-order valence-corrected chi connectivity index (χ1v) is 6.83. The van der Waals surface area contributed by atoms with Crippen LogP contribution >= 0.6 is 0 Å². The molecule has 20 heavy (non-hydrogen) atoms. The third kappa shape index (κ3) is 4.23. The monoisotopic (exact) mass is 272 g/mol. The van der Waals surface area contributed by atoms with Gasteiger partial charge in [-0.2, -0.15) is 5.10 Å². The van der Waals surface area contributed by atoms with Crippen molar-refractivity contribution in [3.05, 3.63) is 42.0 Å². The number of esters is 1. The smallest absolute Gasteiger partial charge is 0.308 e. The highest BCUT2D eigenvalue weighted by atomic mass is 16.5. The largest absolute Gasteiger partial charge is 0.463 e. The second-order valence-corrected chi connectivity index (χ2v) is 5.00. The molecule has 106 valence electrons. The zero-order valence-electron chi connectivity index (χ0n) is 11.9. The minimum atomic E-state index is -0.143. The molecule has 0 bridgehead atoms. The van der Waals surface area contributed by atoms with Crippen molar-refractivity contribution in [3.8, 4) is 0 Å². The number of allylic oxidation sites excluding steroid dienone is 1. The Hall–Kier alpha value is -2.10. The van der Waals surface area contributed by atoms with Crippen molar-refractivity contribution in [2.75, 3.05) is 7.05 Å². The van der Waals surface area contributed by atoms with Gasteiger partial charge in [-0.25, -0.2) is 0 Å². The zero-order valence-corrected chi connectivity index (χ0v) is 11.9. The maximum Gasteiger partial charge on any atom is 0.308 e. The molecule has 0 radical (unpaired) electrons. The van der Waals surface area contributed by atoms with Crippen molar-refractivity contribution in [1.82, 2.24) is 5.01 Å². The summed E-state index contributed by atoms with van der Waals surface area (Å²) in [5.74, 6) is -0.143. The topological polar surface area (TPSA) is 41.9 Å². The Kier molecular flexibility index (Phi) is 4.93. The Bertz CT molecular complexity index is 496. The van der Waals surface area contributed by atoms with E-state index in [4.69, 9.17) is 4.74 Å². The van der Waals surface area contributed by atoms with Gasteiger partial charge in [-0.3, -0.25) is 9.80 Å². The van der Waals surface area contributed by atoms with Crippen LogP contribution in [0.2, 0.25) is 0 Å². The van der Waals surface area contributed by atoms with E-state index in [1.807, 2.05) is 61.5 Å². The molecule has 0 N–H and O–H groups in total. The fourth-order valence-corrected chi connectivity index (χ4v) is 2.22. The van der Waals surface area contributed by atoms with Crippen molar-refractivity contribution in [1.29, 1.82) is 0 Å². The van der Waals surface area contributed by atoms with Crippen LogP contribution in [0.3, 0.4) is 0 Å². The van der Waals surface area contributed by atoms with Gasteiger partial charge >= 0.3 is 5.97 Å². The lowest BCUT2D eigenvalue weighted by Crippen LogP contribution is -2.39. The first-order chi connectivity index (χ1) is 9.65. The molecule has 0 amide bonds. The van der Waals surface area contributed by atoms with Gasteiger partial charge in [0, 0.05) is 19.7 Å². The lowest BCUT2D eigenvalue weighted by Gasteiger charge is -2.31. The lowest BCUT2D eigenvalue weighted by molar-refractivity contribution is -0.156. The van der Waals surface area contributed by atoms with Crippen LogP contribution in [-0.4, -0.2) is 36.4 Å². The third-order valence-electron chi connectivity index (χ3n) is 3.29. The van der Waals surface area contributed by atoms with Gasteiger partial charge < -0.3 is 4.74 Å². The van der Waals surface area contributed by atoms with Crippen LogP contribution in [0.4, 0.5) is 0 Å². The number of nitrogens with zero attached hydrogens (tertiary/aromatic N) is 2. The van der Waals surface area contributed by atoms with E-state index in [0.29, 0.717) is 6.42 Å². The maximum absolute atomic E-state index is 11.4. The van der Waals surface area contributed by atoms with Crippen molar-refractivity contribution in [2.45, 2.75) is 31.9 Å². The van der Waals surface area contributed by atoms with Crippen LogP contribution < -0.4 is 0 Å². The molecular weight excluding hydrogens is 252 g/mol. The van der Waals surface area contributed by atoms with Gasteiger partial charge in [0.25, 0.3) is 0 Å². The van der Waals surface area contributed by atoms with Gasteiger partial charge in [0.15, 0.2) is 0 Å². The summed E-state index contributed by atoms with van der Waals surface area (Å²) in [5, 5.41) is 6.19. The van der Waals surface area contributed by atoms with Crippen molar-refractivity contribution >= 4 is 18.3 Å². The number of hydrazone groups is 1. The van der Waals surface area contributed by atoms with Crippen LogP contribution in [0.15, 0.2) is 41.5 Å². The van der Waals surface area contributed by atoms with Gasteiger partial charge in [0.05, 0.1) is 12.5 Å². The van der Waals surface area contributed by atoms with Crippen LogP contribution in [0, 0.1) is 0 Å². The van der Waals surface area contributed by atoms with E-state index in [9.17, 15) is 4.79 Å². The van der Waals surface area contributed by atoms with Crippen LogP contribution in [0.5, 0.6) is 0 Å². The highest BCUT2D eigenvalue weighted by Crippen LogP contribution is 2.19. The van der Waals surface area contributed by atoms with Gasteiger partial charge in [0.1, 0.15) is 6.10 Å². The Balaban J connectivity index is 1.87. The Labute approximate surface area is 119 Å². The van der Waals surface area contributed by atoms with Crippen molar-refractivity contribution in [2.24, 2.45) is 5.10 Å². The van der Waals surface area contributed by atoms with E-state index in [2.05, 4.69) is 5.10 Å². The molecule has 4 heteroatoms. The second kappa shape index (κ2) is 6.89. The molecule has 4 nitrogen and oxygen atoms in total. The minimum absolute atomic E-state index is 0.0289. The van der Waals surface area contributed by atoms with E-state index >= 15 is 0 Å². The van der Waals surface area contributed by atoms with E-state index < -0.39 is 0 Å². The van der Waals surface area contributed by atoms with Crippen molar-refractivity contribution in [3.63, 3.8) is 0 Å². The first-order valence-electron chi connectivity index (χ1n) is 6.83. The predicted molar refractivity (Wildman–Crippen MR) is 80.3 cm³/mol. The van der Waals surface area contributed by atoms with Gasteiger partial charge in [0.2, 0.25) is 0 Å². The number of carbonyl (C=O) groups excluding carboxylic acids is 1. The standard InChI is InChI=1S/C16H20N2O2/c1-13-11-15(12-16(19)20-13)18(2)17-10-6-9-14-7-4-3-5-8-14/h3-10,13,15H,11-12H2,1-2H3/b9-6+,17-10+. The number of cyclic esters (lactones) is 1. The van der Waals surface area contributed by atoms with Crippen LogP contribution in [0.1, 0.15) is 25.3 Å².